The first kappa shape index (κ1) is 15.7. The fourth-order valence-electron chi connectivity index (χ4n) is 1.66. The Morgan fingerprint density at radius 3 is 1.59 bits per heavy atom. The molecule has 0 aromatic rings. The van der Waals surface area contributed by atoms with Gasteiger partial charge in [-0.05, 0) is 12.8 Å². The SMILES string of the molecule is O=NC(=O)CCCCCCCCCCC(=O)O. The summed E-state index contributed by atoms with van der Waals surface area (Å²) in [4.78, 5) is 30.6. The van der Waals surface area contributed by atoms with Crippen LogP contribution in [0.4, 0.5) is 0 Å². The molecule has 0 spiro atoms. The van der Waals surface area contributed by atoms with Crippen molar-refractivity contribution in [2.24, 2.45) is 5.18 Å². The van der Waals surface area contributed by atoms with Gasteiger partial charge in [0.1, 0.15) is 0 Å². The normalized spacial score (nSPS) is 10.1. The molecule has 0 saturated carbocycles. The van der Waals surface area contributed by atoms with Gasteiger partial charge in [0.2, 0.25) is 0 Å². The molecule has 0 aliphatic rings. The summed E-state index contributed by atoms with van der Waals surface area (Å²) in [6, 6.07) is 0. The largest absolute Gasteiger partial charge is 0.481 e. The molecule has 0 heterocycles. The minimum atomic E-state index is -0.724. The molecule has 0 aliphatic carbocycles. The van der Waals surface area contributed by atoms with E-state index in [1.807, 2.05) is 0 Å². The van der Waals surface area contributed by atoms with Crippen molar-refractivity contribution in [3.05, 3.63) is 4.91 Å². The summed E-state index contributed by atoms with van der Waals surface area (Å²) >= 11 is 0. The molecule has 0 fully saturated rings. The van der Waals surface area contributed by atoms with Crippen LogP contribution in [0.1, 0.15) is 64.2 Å². The van der Waals surface area contributed by atoms with Crippen LogP contribution in [0.15, 0.2) is 5.18 Å². The molecule has 0 atom stereocenters. The van der Waals surface area contributed by atoms with Crippen LogP contribution in [0.2, 0.25) is 0 Å². The van der Waals surface area contributed by atoms with Gasteiger partial charge in [0.05, 0.1) is 0 Å². The average molecular weight is 243 g/mol. The highest BCUT2D eigenvalue weighted by Crippen LogP contribution is 2.10. The second kappa shape index (κ2) is 11.2. The first-order valence-corrected chi connectivity index (χ1v) is 6.25. The van der Waals surface area contributed by atoms with Crippen LogP contribution in [-0.4, -0.2) is 17.0 Å². The molecule has 5 heteroatoms. The second-order valence-corrected chi connectivity index (χ2v) is 4.21. The van der Waals surface area contributed by atoms with E-state index in [-0.39, 0.29) is 12.8 Å². The summed E-state index contributed by atoms with van der Waals surface area (Å²) in [6.45, 7) is 0. The quantitative estimate of drug-likeness (QED) is 0.446. The molecule has 1 amide bonds. The lowest BCUT2D eigenvalue weighted by Crippen LogP contribution is -1.93. The zero-order valence-electron chi connectivity index (χ0n) is 10.2. The molecule has 0 rings (SSSR count). The van der Waals surface area contributed by atoms with Crippen molar-refractivity contribution in [3.8, 4) is 0 Å². The van der Waals surface area contributed by atoms with E-state index < -0.39 is 11.9 Å². The number of carboxylic acids is 1. The molecule has 0 radical (unpaired) electrons. The fourth-order valence-corrected chi connectivity index (χ4v) is 1.66. The Hall–Kier alpha value is -1.26. The zero-order valence-corrected chi connectivity index (χ0v) is 10.2. The Morgan fingerprint density at radius 1 is 0.765 bits per heavy atom. The zero-order chi connectivity index (χ0) is 12.9. The summed E-state index contributed by atoms with van der Waals surface area (Å²) in [6.07, 6.45) is 8.31. The number of nitroso groups, excluding NO2 is 1. The molecule has 98 valence electrons. The summed E-state index contributed by atoms with van der Waals surface area (Å²) in [5.41, 5.74) is 0. The van der Waals surface area contributed by atoms with Gasteiger partial charge >= 0.3 is 5.97 Å². The van der Waals surface area contributed by atoms with E-state index in [1.54, 1.807) is 0 Å². The number of carboxylic acid groups (broad SMARTS) is 1. The minimum absolute atomic E-state index is 0.265. The number of aliphatic carboxylic acids is 1. The fraction of sp³-hybridized carbons (Fsp3) is 0.833. The maximum atomic E-state index is 10.5. The van der Waals surface area contributed by atoms with Crippen LogP contribution < -0.4 is 0 Å². The molecule has 17 heavy (non-hydrogen) atoms. The number of hydrogen-bond acceptors (Lipinski definition) is 3. The molecule has 0 aromatic carbocycles. The third-order valence-corrected chi connectivity index (χ3v) is 2.63. The summed E-state index contributed by atoms with van der Waals surface area (Å²) in [5.74, 6) is -1.28. The van der Waals surface area contributed by atoms with Gasteiger partial charge in [-0.3, -0.25) is 9.59 Å². The molecule has 0 unspecified atom stereocenters. The van der Waals surface area contributed by atoms with Crippen LogP contribution in [0.3, 0.4) is 0 Å². The second-order valence-electron chi connectivity index (χ2n) is 4.21. The maximum absolute atomic E-state index is 10.5. The first-order chi connectivity index (χ1) is 8.16. The summed E-state index contributed by atoms with van der Waals surface area (Å²) in [7, 11) is 0. The van der Waals surface area contributed by atoms with Crippen molar-refractivity contribution >= 4 is 11.9 Å². The van der Waals surface area contributed by atoms with E-state index in [0.717, 1.165) is 51.4 Å². The standard InChI is InChI=1S/C12H21NO4/c14-11(13-17)9-7-5-3-1-2-4-6-8-10-12(15)16/h1-10H2,(H,15,16). The predicted molar refractivity (Wildman–Crippen MR) is 64.6 cm³/mol. The van der Waals surface area contributed by atoms with Crippen molar-refractivity contribution < 1.29 is 14.7 Å². The topological polar surface area (TPSA) is 83.8 Å². The van der Waals surface area contributed by atoms with Crippen molar-refractivity contribution in [1.82, 2.24) is 0 Å². The van der Waals surface area contributed by atoms with Gasteiger partial charge in [0, 0.05) is 18.0 Å². The maximum Gasteiger partial charge on any atom is 0.303 e. The average Bonchev–Trinajstić information content (AvgIpc) is 2.30. The third kappa shape index (κ3) is 12.7. The number of unbranched alkanes of at least 4 members (excludes halogenated alkanes) is 7. The van der Waals surface area contributed by atoms with E-state index in [0.29, 0.717) is 0 Å². The van der Waals surface area contributed by atoms with Gasteiger partial charge < -0.3 is 5.11 Å². The number of nitrogens with zero attached hydrogens (tertiary/aromatic N) is 1. The van der Waals surface area contributed by atoms with E-state index in [1.165, 1.54) is 0 Å². The van der Waals surface area contributed by atoms with Gasteiger partial charge in [-0.15, -0.1) is 4.91 Å². The summed E-state index contributed by atoms with van der Waals surface area (Å²) < 4.78 is 0. The van der Waals surface area contributed by atoms with Gasteiger partial charge in [0.25, 0.3) is 5.91 Å². The Bertz CT molecular complexity index is 241. The monoisotopic (exact) mass is 243 g/mol. The Balaban J connectivity index is 3.06. The lowest BCUT2D eigenvalue weighted by Gasteiger charge is -2.00. The Kier molecular flexibility index (Phi) is 10.4. The predicted octanol–water partition coefficient (Wildman–Crippen LogP) is 3.27. The Morgan fingerprint density at radius 2 is 1.18 bits per heavy atom. The van der Waals surface area contributed by atoms with Gasteiger partial charge in [-0.2, -0.15) is 0 Å². The number of amides is 1. The van der Waals surface area contributed by atoms with Gasteiger partial charge in [-0.25, -0.2) is 0 Å². The number of rotatable bonds is 11. The Labute approximate surface area is 102 Å². The van der Waals surface area contributed by atoms with Crippen LogP contribution in [0.5, 0.6) is 0 Å². The molecule has 0 saturated heterocycles. The van der Waals surface area contributed by atoms with Gasteiger partial charge in [-0.1, -0.05) is 38.5 Å². The molecule has 0 bridgehead atoms. The molecule has 0 aromatic heterocycles. The van der Waals surface area contributed by atoms with E-state index in [2.05, 4.69) is 5.18 Å². The van der Waals surface area contributed by atoms with Crippen molar-refractivity contribution in [2.45, 2.75) is 64.2 Å². The number of hydrogen-bond donors (Lipinski definition) is 1. The number of carbonyl (C=O) groups excluding carboxylic acids is 1. The van der Waals surface area contributed by atoms with E-state index >= 15 is 0 Å². The lowest BCUT2D eigenvalue weighted by atomic mass is 10.1. The van der Waals surface area contributed by atoms with Crippen LogP contribution >= 0.6 is 0 Å². The molecule has 5 nitrogen and oxygen atoms in total. The van der Waals surface area contributed by atoms with Crippen molar-refractivity contribution in [3.63, 3.8) is 0 Å². The van der Waals surface area contributed by atoms with E-state index in [9.17, 15) is 14.5 Å². The minimum Gasteiger partial charge on any atom is -0.481 e. The highest BCUT2D eigenvalue weighted by molar-refractivity contribution is 5.76. The van der Waals surface area contributed by atoms with Crippen molar-refractivity contribution in [2.75, 3.05) is 0 Å². The third-order valence-electron chi connectivity index (χ3n) is 2.63. The smallest absolute Gasteiger partial charge is 0.303 e. The van der Waals surface area contributed by atoms with Crippen LogP contribution in [0, 0.1) is 4.91 Å². The lowest BCUT2D eigenvalue weighted by molar-refractivity contribution is -0.137. The highest BCUT2D eigenvalue weighted by atomic mass is 16.4. The van der Waals surface area contributed by atoms with E-state index in [4.69, 9.17) is 5.11 Å². The molecule has 1 N–H and O–H groups in total. The van der Waals surface area contributed by atoms with Gasteiger partial charge in [0.15, 0.2) is 0 Å². The van der Waals surface area contributed by atoms with Crippen molar-refractivity contribution in [1.29, 1.82) is 0 Å². The van der Waals surface area contributed by atoms with Crippen LogP contribution in [0.25, 0.3) is 0 Å². The molecule has 0 aliphatic heterocycles. The number of carbonyl (C=O) groups is 2. The molecular weight excluding hydrogens is 222 g/mol. The highest BCUT2D eigenvalue weighted by Gasteiger charge is 2.00. The summed E-state index contributed by atoms with van der Waals surface area (Å²) in [5, 5.41) is 10.8. The van der Waals surface area contributed by atoms with Crippen LogP contribution in [-0.2, 0) is 9.59 Å². The first-order valence-electron chi connectivity index (χ1n) is 6.25. The molecular formula is C12H21NO4.